The van der Waals surface area contributed by atoms with Crippen LogP contribution in [0.4, 0.5) is 5.69 Å². The third kappa shape index (κ3) is 3.88. The Balaban J connectivity index is 2.86. The monoisotopic (exact) mass is 311 g/mol. The molecule has 18 heavy (non-hydrogen) atoms. The molecule has 1 N–H and O–H groups in total. The largest absolute Gasteiger partial charge is 0.467 e. The minimum Gasteiger partial charge on any atom is -0.467 e. The van der Waals surface area contributed by atoms with Crippen LogP contribution in [0.2, 0.25) is 0 Å². The Labute approximate surface area is 116 Å². The fourth-order valence-electron chi connectivity index (χ4n) is 1.68. The van der Waals surface area contributed by atoms with E-state index >= 15 is 0 Å². The van der Waals surface area contributed by atoms with Gasteiger partial charge in [-0.05, 0) is 44.0 Å². The Bertz CT molecular complexity index is 416. The molecule has 1 aromatic carbocycles. The van der Waals surface area contributed by atoms with Gasteiger partial charge in [0.25, 0.3) is 0 Å². The number of esters is 1. The summed E-state index contributed by atoms with van der Waals surface area (Å²) in [7, 11) is 1.40. The van der Waals surface area contributed by atoms with Crippen LogP contribution in [0, 0.1) is 0 Å². The van der Waals surface area contributed by atoms with Crippen LogP contribution in [-0.4, -0.2) is 18.6 Å². The number of carbonyl (C=O) groups is 1. The minimum atomic E-state index is -0.739. The number of hydrogen-bond acceptors (Lipinski definition) is 3. The summed E-state index contributed by atoms with van der Waals surface area (Å²) in [5.41, 5.74) is 0.145. The number of anilines is 1. The van der Waals surface area contributed by atoms with Crippen molar-refractivity contribution in [3.63, 3.8) is 0 Å². The third-order valence-electron chi connectivity index (χ3n) is 2.75. The molecule has 0 radical (unpaired) electrons. The summed E-state index contributed by atoms with van der Waals surface area (Å²) < 4.78 is 5.86. The predicted molar refractivity (Wildman–Crippen MR) is 77.6 cm³/mol. The molecule has 4 heteroatoms. The molecule has 0 spiro atoms. The SMILES string of the molecule is C=CCCC(C)(Nc1ccc(Br)cc1)C(=O)OC. The molecule has 98 valence electrons. The summed E-state index contributed by atoms with van der Waals surface area (Å²) in [5, 5.41) is 3.22. The zero-order chi connectivity index (χ0) is 13.6. The van der Waals surface area contributed by atoms with Gasteiger partial charge in [0.2, 0.25) is 0 Å². The van der Waals surface area contributed by atoms with E-state index in [0.29, 0.717) is 6.42 Å². The van der Waals surface area contributed by atoms with Crippen molar-refractivity contribution in [1.29, 1.82) is 0 Å². The fraction of sp³-hybridized carbons (Fsp3) is 0.357. The number of methoxy groups -OCH3 is 1. The van der Waals surface area contributed by atoms with Crippen LogP contribution in [0.5, 0.6) is 0 Å². The topological polar surface area (TPSA) is 38.3 Å². The van der Waals surface area contributed by atoms with E-state index in [-0.39, 0.29) is 5.97 Å². The van der Waals surface area contributed by atoms with E-state index in [1.165, 1.54) is 7.11 Å². The molecular formula is C14H18BrNO2. The molecule has 0 aliphatic rings. The summed E-state index contributed by atoms with van der Waals surface area (Å²) >= 11 is 3.38. The molecule has 0 aliphatic carbocycles. The Morgan fingerprint density at radius 3 is 2.61 bits per heavy atom. The summed E-state index contributed by atoms with van der Waals surface area (Å²) in [6, 6.07) is 7.68. The maximum Gasteiger partial charge on any atom is 0.331 e. The van der Waals surface area contributed by atoms with Crippen molar-refractivity contribution in [2.45, 2.75) is 25.3 Å². The highest BCUT2D eigenvalue weighted by molar-refractivity contribution is 9.10. The van der Waals surface area contributed by atoms with Gasteiger partial charge in [0.1, 0.15) is 5.54 Å². The van der Waals surface area contributed by atoms with Crippen LogP contribution >= 0.6 is 15.9 Å². The molecule has 0 aliphatic heterocycles. The van der Waals surface area contributed by atoms with Gasteiger partial charge in [-0.3, -0.25) is 0 Å². The lowest BCUT2D eigenvalue weighted by atomic mass is 9.95. The lowest BCUT2D eigenvalue weighted by molar-refractivity contribution is -0.145. The van der Waals surface area contributed by atoms with E-state index in [4.69, 9.17) is 4.74 Å². The van der Waals surface area contributed by atoms with Crippen LogP contribution in [0.3, 0.4) is 0 Å². The Hall–Kier alpha value is -1.29. The van der Waals surface area contributed by atoms with Gasteiger partial charge in [0, 0.05) is 10.2 Å². The van der Waals surface area contributed by atoms with Gasteiger partial charge in [0.05, 0.1) is 7.11 Å². The molecule has 1 rings (SSSR count). The second-order valence-electron chi connectivity index (χ2n) is 4.28. The summed E-state index contributed by atoms with van der Waals surface area (Å²) in [6.07, 6.45) is 3.18. The number of rotatable bonds is 6. The number of carbonyl (C=O) groups excluding carboxylic acids is 1. The Kier molecular flexibility index (Phi) is 5.41. The second kappa shape index (κ2) is 6.59. The lowest BCUT2D eigenvalue weighted by Gasteiger charge is -2.28. The number of halogens is 1. The van der Waals surface area contributed by atoms with Gasteiger partial charge < -0.3 is 10.1 Å². The molecule has 3 nitrogen and oxygen atoms in total. The Morgan fingerprint density at radius 2 is 2.11 bits per heavy atom. The van der Waals surface area contributed by atoms with Gasteiger partial charge in [-0.15, -0.1) is 6.58 Å². The zero-order valence-corrected chi connectivity index (χ0v) is 12.3. The second-order valence-corrected chi connectivity index (χ2v) is 5.20. The molecule has 0 saturated carbocycles. The third-order valence-corrected chi connectivity index (χ3v) is 3.28. The molecule has 0 bridgehead atoms. The molecule has 1 unspecified atom stereocenters. The zero-order valence-electron chi connectivity index (χ0n) is 10.7. The van der Waals surface area contributed by atoms with Crippen molar-refractivity contribution < 1.29 is 9.53 Å². The molecule has 0 aromatic heterocycles. The van der Waals surface area contributed by atoms with Gasteiger partial charge in [0.15, 0.2) is 0 Å². The van der Waals surface area contributed by atoms with Gasteiger partial charge >= 0.3 is 5.97 Å². The number of nitrogens with one attached hydrogen (secondary N) is 1. The summed E-state index contributed by atoms with van der Waals surface area (Å²) in [6.45, 7) is 5.52. The van der Waals surface area contributed by atoms with E-state index in [2.05, 4.69) is 27.8 Å². The van der Waals surface area contributed by atoms with Crippen molar-refractivity contribution in [2.24, 2.45) is 0 Å². The minimum absolute atomic E-state index is 0.271. The van der Waals surface area contributed by atoms with Crippen molar-refractivity contribution >= 4 is 27.6 Å². The fourth-order valence-corrected chi connectivity index (χ4v) is 1.95. The molecule has 1 atom stereocenters. The number of allylic oxidation sites excluding steroid dienone is 1. The van der Waals surface area contributed by atoms with Crippen LogP contribution in [0.25, 0.3) is 0 Å². The first-order valence-corrected chi connectivity index (χ1v) is 6.54. The first kappa shape index (κ1) is 14.8. The molecule has 0 saturated heterocycles. The van der Waals surface area contributed by atoms with Crippen LogP contribution in [-0.2, 0) is 9.53 Å². The van der Waals surface area contributed by atoms with Gasteiger partial charge in [-0.1, -0.05) is 22.0 Å². The summed E-state index contributed by atoms with van der Waals surface area (Å²) in [5.74, 6) is -0.271. The van der Waals surface area contributed by atoms with Crippen LogP contribution < -0.4 is 5.32 Å². The average molecular weight is 312 g/mol. The van der Waals surface area contributed by atoms with E-state index in [9.17, 15) is 4.79 Å². The van der Waals surface area contributed by atoms with Crippen molar-refractivity contribution in [3.8, 4) is 0 Å². The first-order chi connectivity index (χ1) is 8.51. The van der Waals surface area contributed by atoms with Crippen molar-refractivity contribution in [2.75, 3.05) is 12.4 Å². The normalized spacial score (nSPS) is 13.5. The van der Waals surface area contributed by atoms with Crippen LogP contribution in [0.1, 0.15) is 19.8 Å². The number of benzene rings is 1. The highest BCUT2D eigenvalue weighted by Gasteiger charge is 2.33. The van der Waals surface area contributed by atoms with E-state index < -0.39 is 5.54 Å². The van der Waals surface area contributed by atoms with E-state index in [1.54, 1.807) is 6.08 Å². The van der Waals surface area contributed by atoms with E-state index in [0.717, 1.165) is 16.6 Å². The molecule has 0 fully saturated rings. The highest BCUT2D eigenvalue weighted by Crippen LogP contribution is 2.23. The average Bonchev–Trinajstić information content (AvgIpc) is 2.38. The summed E-state index contributed by atoms with van der Waals surface area (Å²) in [4.78, 5) is 11.9. The number of ether oxygens (including phenoxy) is 1. The smallest absolute Gasteiger partial charge is 0.331 e. The highest BCUT2D eigenvalue weighted by atomic mass is 79.9. The van der Waals surface area contributed by atoms with Crippen molar-refractivity contribution in [1.82, 2.24) is 0 Å². The molecule has 0 heterocycles. The molecule has 1 aromatic rings. The number of hydrogen-bond donors (Lipinski definition) is 1. The molecular weight excluding hydrogens is 294 g/mol. The van der Waals surface area contributed by atoms with E-state index in [1.807, 2.05) is 31.2 Å². The Morgan fingerprint density at radius 1 is 1.50 bits per heavy atom. The quantitative estimate of drug-likeness (QED) is 0.642. The predicted octanol–water partition coefficient (Wildman–Crippen LogP) is 3.76. The van der Waals surface area contributed by atoms with Crippen molar-refractivity contribution in [3.05, 3.63) is 41.4 Å². The standard InChI is InChI=1S/C14H18BrNO2/c1-4-5-10-14(2,13(17)18-3)16-12-8-6-11(15)7-9-12/h4,6-9,16H,1,5,10H2,2-3H3. The van der Waals surface area contributed by atoms with Crippen LogP contribution in [0.15, 0.2) is 41.4 Å². The lowest BCUT2D eigenvalue weighted by Crippen LogP contribution is -2.44. The maximum atomic E-state index is 11.9. The first-order valence-electron chi connectivity index (χ1n) is 5.75. The van der Waals surface area contributed by atoms with Gasteiger partial charge in [-0.2, -0.15) is 0 Å². The van der Waals surface area contributed by atoms with Gasteiger partial charge in [-0.25, -0.2) is 4.79 Å². The maximum absolute atomic E-state index is 11.9. The molecule has 0 amide bonds.